The molecule has 0 bridgehead atoms. The molecule has 5 rings (SSSR count). The molecule has 11 heteroatoms. The van der Waals surface area contributed by atoms with E-state index in [0.717, 1.165) is 42.6 Å². The fraction of sp³-hybridized carbons (Fsp3) is 0.219. The summed E-state index contributed by atoms with van der Waals surface area (Å²) in [4.78, 5) is 26.2. The van der Waals surface area contributed by atoms with E-state index in [1.54, 1.807) is 48.9 Å². The number of anilines is 3. The Balaban J connectivity index is 1.35. The molecule has 5 aromatic rings. The van der Waals surface area contributed by atoms with Crippen molar-refractivity contribution in [1.29, 1.82) is 0 Å². The Kier molecular flexibility index (Phi) is 8.79. The molecule has 0 aliphatic carbocycles. The number of imidazole rings is 1. The lowest BCUT2D eigenvalue weighted by Crippen LogP contribution is -2.32. The number of halogens is 3. The highest BCUT2D eigenvalue weighted by Gasteiger charge is 2.31. The Bertz CT molecular complexity index is 1720. The summed E-state index contributed by atoms with van der Waals surface area (Å²) in [7, 11) is 0. The average molecular weight is 587 g/mol. The Hall–Kier alpha value is -5.06. The van der Waals surface area contributed by atoms with E-state index in [2.05, 4.69) is 32.5 Å². The molecule has 8 nitrogen and oxygen atoms in total. The largest absolute Gasteiger partial charge is 0.416 e. The zero-order chi connectivity index (χ0) is 30.4. The lowest BCUT2D eigenvalue weighted by molar-refractivity contribution is -0.687. The maximum absolute atomic E-state index is 13.8. The van der Waals surface area contributed by atoms with E-state index >= 15 is 0 Å². The number of rotatable bonds is 10. The number of pyridine rings is 1. The molecule has 0 aliphatic heterocycles. The van der Waals surface area contributed by atoms with E-state index in [1.165, 1.54) is 0 Å². The number of aryl methyl sites for hydroxylation is 2. The van der Waals surface area contributed by atoms with Crippen LogP contribution >= 0.6 is 0 Å². The number of aromatic nitrogens is 5. The highest BCUT2D eigenvalue weighted by Crippen LogP contribution is 2.32. The van der Waals surface area contributed by atoms with Crippen LogP contribution in [0.15, 0.2) is 91.9 Å². The maximum Gasteiger partial charge on any atom is 0.416 e. The Labute approximate surface area is 247 Å². The first-order valence-corrected chi connectivity index (χ1v) is 13.9. The maximum atomic E-state index is 13.8. The fourth-order valence-corrected chi connectivity index (χ4v) is 4.55. The van der Waals surface area contributed by atoms with Crippen LogP contribution in [0.4, 0.5) is 30.5 Å². The van der Waals surface area contributed by atoms with Crippen molar-refractivity contribution in [2.75, 3.05) is 10.6 Å². The van der Waals surface area contributed by atoms with Crippen LogP contribution in [0.1, 0.15) is 46.8 Å². The summed E-state index contributed by atoms with van der Waals surface area (Å²) in [5.41, 5.74) is 2.82. The Morgan fingerprint density at radius 1 is 1.07 bits per heavy atom. The van der Waals surface area contributed by atoms with E-state index < -0.39 is 17.6 Å². The third-order valence-electron chi connectivity index (χ3n) is 6.82. The third-order valence-corrected chi connectivity index (χ3v) is 6.82. The van der Waals surface area contributed by atoms with Crippen LogP contribution in [-0.4, -0.2) is 25.4 Å². The molecule has 0 fully saturated rings. The molecule has 3 aromatic heterocycles. The minimum absolute atomic E-state index is 0.0587. The van der Waals surface area contributed by atoms with Gasteiger partial charge in [0.15, 0.2) is 0 Å². The molecule has 0 unspecified atom stereocenters. The van der Waals surface area contributed by atoms with Gasteiger partial charge in [-0.15, -0.1) is 0 Å². The summed E-state index contributed by atoms with van der Waals surface area (Å²) in [5, 5.41) is 5.80. The molecule has 0 atom stereocenters. The molecule has 2 N–H and O–H groups in total. The molecule has 0 spiro atoms. The van der Waals surface area contributed by atoms with Gasteiger partial charge in [-0.05, 0) is 73.0 Å². The van der Waals surface area contributed by atoms with E-state index in [1.807, 2.05) is 46.9 Å². The van der Waals surface area contributed by atoms with Crippen molar-refractivity contribution in [3.63, 3.8) is 0 Å². The van der Waals surface area contributed by atoms with Gasteiger partial charge in [-0.2, -0.15) is 13.2 Å². The van der Waals surface area contributed by atoms with Crippen LogP contribution in [0.2, 0.25) is 0 Å². The Morgan fingerprint density at radius 2 is 1.93 bits per heavy atom. The molecular formula is C32H31F3N7O+. The van der Waals surface area contributed by atoms with Gasteiger partial charge in [0.05, 0.1) is 17.8 Å². The highest BCUT2D eigenvalue weighted by atomic mass is 19.4. The lowest BCUT2D eigenvalue weighted by atomic mass is 10.1. The van der Waals surface area contributed by atoms with Crippen molar-refractivity contribution in [3.8, 4) is 11.3 Å². The van der Waals surface area contributed by atoms with Gasteiger partial charge in [0.1, 0.15) is 18.9 Å². The number of amides is 1. The molecule has 3 heterocycles. The third kappa shape index (κ3) is 7.62. The smallest absolute Gasteiger partial charge is 0.324 e. The van der Waals surface area contributed by atoms with E-state index in [0.29, 0.717) is 22.9 Å². The number of carbonyl (C=O) groups is 1. The molecule has 2 aromatic carbocycles. The number of unbranched alkanes of at least 4 members (excludes halogenated alkanes) is 1. The first-order valence-electron chi connectivity index (χ1n) is 13.9. The van der Waals surface area contributed by atoms with Gasteiger partial charge in [0.25, 0.3) is 5.91 Å². The van der Waals surface area contributed by atoms with E-state index in [-0.39, 0.29) is 17.8 Å². The van der Waals surface area contributed by atoms with E-state index in [9.17, 15) is 18.0 Å². The normalized spacial score (nSPS) is 11.4. The standard InChI is InChI=1S/C32H30F3N7O/c1-3-4-12-41-13-14-42(21-41)20-23-15-26(32(33,34)35)18-27(16-23)38-30(43)24-8-7-22(2)29(17-24)40-31-37-11-9-28(39-31)25-6-5-10-36-19-25/h5-11,13-19,21H,3-4,12,20H2,1-2H3,(H-,37,38,39,40,43)/p+1. The number of alkyl halides is 3. The van der Waals surface area contributed by atoms with Crippen LogP contribution in [0.5, 0.6) is 0 Å². The van der Waals surface area contributed by atoms with Gasteiger partial charge in [0.2, 0.25) is 12.3 Å². The van der Waals surface area contributed by atoms with Gasteiger partial charge >= 0.3 is 6.18 Å². The second kappa shape index (κ2) is 12.8. The summed E-state index contributed by atoms with van der Waals surface area (Å²) in [6, 6.07) is 14.1. The number of hydrogen-bond acceptors (Lipinski definition) is 5. The molecule has 0 saturated carbocycles. The second-order valence-electron chi connectivity index (χ2n) is 10.2. The quantitative estimate of drug-likeness (QED) is 0.176. The van der Waals surface area contributed by atoms with Gasteiger partial charge in [0, 0.05) is 41.1 Å². The lowest BCUT2D eigenvalue weighted by Gasteiger charge is -2.14. The topological polar surface area (TPSA) is 88.6 Å². The van der Waals surface area contributed by atoms with Crippen molar-refractivity contribution >= 4 is 23.2 Å². The van der Waals surface area contributed by atoms with Gasteiger partial charge in [-0.3, -0.25) is 9.78 Å². The Morgan fingerprint density at radius 3 is 2.70 bits per heavy atom. The first-order chi connectivity index (χ1) is 20.7. The molecular weight excluding hydrogens is 555 g/mol. The predicted molar refractivity (Wildman–Crippen MR) is 158 cm³/mol. The summed E-state index contributed by atoms with van der Waals surface area (Å²) in [6.07, 6.45) is 8.06. The summed E-state index contributed by atoms with van der Waals surface area (Å²) in [5.74, 6) is -0.220. The van der Waals surface area contributed by atoms with Crippen molar-refractivity contribution < 1.29 is 22.5 Å². The molecule has 0 saturated heterocycles. The van der Waals surface area contributed by atoms with Gasteiger partial charge in [-0.25, -0.2) is 19.1 Å². The van der Waals surface area contributed by atoms with Crippen LogP contribution in [0, 0.1) is 6.92 Å². The number of benzene rings is 2. The monoisotopic (exact) mass is 586 g/mol. The molecule has 43 heavy (non-hydrogen) atoms. The van der Waals surface area contributed by atoms with Crippen molar-refractivity contribution in [3.05, 3.63) is 114 Å². The second-order valence-corrected chi connectivity index (χ2v) is 10.2. The molecule has 220 valence electrons. The summed E-state index contributed by atoms with van der Waals surface area (Å²) in [6.45, 7) is 5.02. The van der Waals surface area contributed by atoms with E-state index in [4.69, 9.17) is 0 Å². The summed E-state index contributed by atoms with van der Waals surface area (Å²) < 4.78 is 45.2. The van der Waals surface area contributed by atoms with Crippen LogP contribution in [-0.2, 0) is 19.3 Å². The van der Waals surface area contributed by atoms with Crippen LogP contribution in [0.3, 0.4) is 0 Å². The minimum atomic E-state index is -4.57. The summed E-state index contributed by atoms with van der Waals surface area (Å²) >= 11 is 0. The SMILES string of the molecule is CCCCn1cc[n+](Cc2cc(NC(=O)c3ccc(C)c(Nc4nccc(-c5cccnc5)n4)c3)cc(C(F)(F)F)c2)c1. The molecule has 0 radical (unpaired) electrons. The van der Waals surface area contributed by atoms with Gasteiger partial charge in [-0.1, -0.05) is 19.4 Å². The minimum Gasteiger partial charge on any atom is -0.324 e. The van der Waals surface area contributed by atoms with Crippen molar-refractivity contribution in [2.24, 2.45) is 0 Å². The zero-order valence-corrected chi connectivity index (χ0v) is 23.8. The van der Waals surface area contributed by atoms with Crippen LogP contribution < -0.4 is 15.2 Å². The first kappa shape index (κ1) is 29.4. The zero-order valence-electron chi connectivity index (χ0n) is 23.8. The molecule has 1 amide bonds. The number of nitrogens with zero attached hydrogens (tertiary/aromatic N) is 5. The average Bonchev–Trinajstić information content (AvgIpc) is 3.44. The fourth-order valence-electron chi connectivity index (χ4n) is 4.55. The number of nitrogens with one attached hydrogen (secondary N) is 2. The number of carbonyl (C=O) groups excluding carboxylic acids is 1. The highest BCUT2D eigenvalue weighted by molar-refractivity contribution is 6.05. The molecule has 0 aliphatic rings. The number of hydrogen-bond donors (Lipinski definition) is 2. The van der Waals surface area contributed by atoms with Gasteiger partial charge < -0.3 is 10.6 Å². The van der Waals surface area contributed by atoms with Crippen molar-refractivity contribution in [2.45, 2.75) is 46.0 Å². The van der Waals surface area contributed by atoms with Crippen LogP contribution in [0.25, 0.3) is 11.3 Å². The van der Waals surface area contributed by atoms with Crippen molar-refractivity contribution in [1.82, 2.24) is 19.5 Å². The predicted octanol–water partition coefficient (Wildman–Crippen LogP) is 6.80.